The third-order valence-electron chi connectivity index (χ3n) is 5.40. The second-order valence-electron chi connectivity index (χ2n) is 7.56. The fourth-order valence-electron chi connectivity index (χ4n) is 3.84. The Kier molecular flexibility index (Phi) is 4.90. The summed E-state index contributed by atoms with van der Waals surface area (Å²) in [6.07, 6.45) is 2.02. The zero-order valence-corrected chi connectivity index (χ0v) is 17.5. The molecule has 0 unspecified atom stereocenters. The van der Waals surface area contributed by atoms with Crippen LogP contribution in [0.3, 0.4) is 0 Å². The molecule has 0 radical (unpaired) electrons. The first kappa shape index (κ1) is 19.2. The summed E-state index contributed by atoms with van der Waals surface area (Å²) in [5.41, 5.74) is 3.94. The van der Waals surface area contributed by atoms with Crippen molar-refractivity contribution in [2.24, 2.45) is 7.05 Å². The number of carbonyl (C=O) groups excluding carboxylic acids is 1. The number of fused-ring (bicyclic) bond motifs is 1. The predicted molar refractivity (Wildman–Crippen MR) is 110 cm³/mol. The van der Waals surface area contributed by atoms with Gasteiger partial charge in [-0.05, 0) is 51.0 Å². The quantitative estimate of drug-likeness (QED) is 0.641. The van der Waals surface area contributed by atoms with Gasteiger partial charge in [-0.1, -0.05) is 0 Å². The summed E-state index contributed by atoms with van der Waals surface area (Å²) in [4.78, 5) is 20.2. The van der Waals surface area contributed by atoms with E-state index in [1.165, 1.54) is 0 Å². The van der Waals surface area contributed by atoms with Gasteiger partial charge in [0, 0.05) is 24.3 Å². The summed E-state index contributed by atoms with van der Waals surface area (Å²) >= 11 is 0. The molecule has 0 N–H and O–H groups in total. The van der Waals surface area contributed by atoms with Gasteiger partial charge in [0.1, 0.15) is 11.5 Å². The van der Waals surface area contributed by atoms with Crippen molar-refractivity contribution >= 4 is 16.9 Å². The number of rotatable bonds is 6. The van der Waals surface area contributed by atoms with Gasteiger partial charge in [0.25, 0.3) is 5.91 Å². The second-order valence-corrected chi connectivity index (χ2v) is 7.56. The Morgan fingerprint density at radius 2 is 1.97 bits per heavy atom. The maximum Gasteiger partial charge on any atom is 0.255 e. The lowest BCUT2D eigenvalue weighted by molar-refractivity contribution is 0.0730. The molecular weight excluding hydrogens is 368 g/mol. The van der Waals surface area contributed by atoms with E-state index in [2.05, 4.69) is 10.1 Å². The van der Waals surface area contributed by atoms with Crippen molar-refractivity contribution in [1.82, 2.24) is 19.7 Å². The highest BCUT2D eigenvalue weighted by molar-refractivity contribution is 6.06. The number of aryl methyl sites for hydroxylation is 3. The number of ether oxygens (including phenoxy) is 2. The van der Waals surface area contributed by atoms with E-state index < -0.39 is 0 Å². The molecule has 4 rings (SSSR count). The van der Waals surface area contributed by atoms with Gasteiger partial charge in [-0.25, -0.2) is 4.98 Å². The topological polar surface area (TPSA) is 69.5 Å². The molecule has 0 aliphatic heterocycles. The molecular formula is C22H26N4O3. The van der Waals surface area contributed by atoms with Crippen molar-refractivity contribution in [3.05, 3.63) is 46.8 Å². The molecule has 7 nitrogen and oxygen atoms in total. The molecule has 29 heavy (non-hydrogen) atoms. The Hall–Kier alpha value is -3.09. The van der Waals surface area contributed by atoms with Crippen molar-refractivity contribution in [3.63, 3.8) is 0 Å². The Labute approximate surface area is 170 Å². The van der Waals surface area contributed by atoms with Crippen LogP contribution in [0, 0.1) is 13.8 Å². The molecule has 1 fully saturated rings. The summed E-state index contributed by atoms with van der Waals surface area (Å²) in [6.45, 7) is 4.29. The number of nitrogens with zero attached hydrogens (tertiary/aromatic N) is 4. The van der Waals surface area contributed by atoms with Crippen LogP contribution in [0.4, 0.5) is 0 Å². The first-order valence-corrected chi connectivity index (χ1v) is 9.75. The van der Waals surface area contributed by atoms with Gasteiger partial charge in [-0.2, -0.15) is 5.10 Å². The number of carbonyl (C=O) groups is 1. The number of hydrogen-bond donors (Lipinski definition) is 0. The van der Waals surface area contributed by atoms with Gasteiger partial charge in [-0.15, -0.1) is 0 Å². The van der Waals surface area contributed by atoms with Gasteiger partial charge in [0.05, 0.1) is 37.4 Å². The molecule has 1 aliphatic rings. The summed E-state index contributed by atoms with van der Waals surface area (Å²) in [7, 11) is 5.14. The predicted octanol–water partition coefficient (Wildman–Crippen LogP) is 3.41. The minimum Gasteiger partial charge on any atom is -0.497 e. The second kappa shape index (κ2) is 7.39. The minimum absolute atomic E-state index is 0.00368. The summed E-state index contributed by atoms with van der Waals surface area (Å²) < 4.78 is 12.6. The molecule has 0 saturated heterocycles. The lowest BCUT2D eigenvalue weighted by Crippen LogP contribution is -2.33. The fraction of sp³-hybridized carbons (Fsp3) is 0.409. The maximum absolute atomic E-state index is 13.7. The highest BCUT2D eigenvalue weighted by Gasteiger charge is 2.35. The number of aromatic nitrogens is 3. The lowest BCUT2D eigenvalue weighted by atomic mass is 10.1. The molecule has 2 aromatic heterocycles. The number of benzene rings is 1. The van der Waals surface area contributed by atoms with Gasteiger partial charge in [0.2, 0.25) is 0 Å². The maximum atomic E-state index is 13.7. The zero-order chi connectivity index (χ0) is 20.7. The Morgan fingerprint density at radius 3 is 2.62 bits per heavy atom. The Bertz CT molecular complexity index is 1090. The lowest BCUT2D eigenvalue weighted by Gasteiger charge is -2.24. The van der Waals surface area contributed by atoms with E-state index in [0.717, 1.165) is 52.3 Å². The van der Waals surface area contributed by atoms with Gasteiger partial charge < -0.3 is 14.4 Å². The summed E-state index contributed by atoms with van der Waals surface area (Å²) in [5.74, 6) is 1.50. The minimum atomic E-state index is 0.00368. The number of amides is 1. The average Bonchev–Trinajstić information content (AvgIpc) is 3.51. The van der Waals surface area contributed by atoms with Crippen LogP contribution < -0.4 is 9.47 Å². The normalized spacial score (nSPS) is 13.6. The Morgan fingerprint density at radius 1 is 1.21 bits per heavy atom. The van der Waals surface area contributed by atoms with E-state index in [9.17, 15) is 4.79 Å². The number of pyridine rings is 1. The SMILES string of the molecule is COc1ccc(OC)c(CN(C(=O)c2cc(C)nc3c2c(C)nn3C)C2CC2)c1. The number of methoxy groups -OCH3 is 2. The van der Waals surface area contributed by atoms with Gasteiger partial charge in [-0.3, -0.25) is 9.48 Å². The van der Waals surface area contributed by atoms with E-state index in [1.807, 2.05) is 50.1 Å². The van der Waals surface area contributed by atoms with Crippen LogP contribution in [0.1, 0.15) is 40.2 Å². The molecule has 3 aromatic rings. The molecule has 152 valence electrons. The first-order valence-electron chi connectivity index (χ1n) is 9.75. The van der Waals surface area contributed by atoms with Crippen LogP contribution in [0.15, 0.2) is 24.3 Å². The van der Waals surface area contributed by atoms with Crippen LogP contribution in [-0.4, -0.2) is 45.8 Å². The van der Waals surface area contributed by atoms with Crippen LogP contribution in [0.25, 0.3) is 11.0 Å². The molecule has 1 aromatic carbocycles. The van der Waals surface area contributed by atoms with Crippen molar-refractivity contribution in [3.8, 4) is 11.5 Å². The highest BCUT2D eigenvalue weighted by Crippen LogP contribution is 2.34. The van der Waals surface area contributed by atoms with Crippen LogP contribution >= 0.6 is 0 Å². The molecule has 7 heteroatoms. The monoisotopic (exact) mass is 394 g/mol. The molecule has 0 bridgehead atoms. The molecule has 0 spiro atoms. The van der Waals surface area contributed by atoms with E-state index in [4.69, 9.17) is 9.47 Å². The van der Waals surface area contributed by atoms with Crippen molar-refractivity contribution < 1.29 is 14.3 Å². The molecule has 2 heterocycles. The van der Waals surface area contributed by atoms with Gasteiger partial charge >= 0.3 is 0 Å². The summed E-state index contributed by atoms with van der Waals surface area (Å²) in [5, 5.41) is 5.30. The molecule has 1 aliphatic carbocycles. The largest absolute Gasteiger partial charge is 0.497 e. The number of hydrogen-bond acceptors (Lipinski definition) is 5. The Balaban J connectivity index is 1.76. The molecule has 1 saturated carbocycles. The van der Waals surface area contributed by atoms with Crippen LogP contribution in [0.2, 0.25) is 0 Å². The zero-order valence-electron chi connectivity index (χ0n) is 17.5. The highest BCUT2D eigenvalue weighted by atomic mass is 16.5. The van der Waals surface area contributed by atoms with Gasteiger partial charge in [0.15, 0.2) is 5.65 Å². The van der Waals surface area contributed by atoms with Crippen LogP contribution in [0.5, 0.6) is 11.5 Å². The van der Waals surface area contributed by atoms with E-state index in [-0.39, 0.29) is 11.9 Å². The van der Waals surface area contributed by atoms with E-state index in [1.54, 1.807) is 18.9 Å². The van der Waals surface area contributed by atoms with Crippen molar-refractivity contribution in [2.45, 2.75) is 39.3 Å². The molecule has 0 atom stereocenters. The van der Waals surface area contributed by atoms with Crippen LogP contribution in [-0.2, 0) is 13.6 Å². The summed E-state index contributed by atoms with van der Waals surface area (Å²) in [6, 6.07) is 7.78. The standard InChI is InChI=1S/C22H26N4O3/c1-13-10-18(20-14(2)24-25(3)21(20)23-13)22(27)26(16-6-7-16)12-15-11-17(28-4)8-9-19(15)29-5/h8-11,16H,6-7,12H2,1-5H3. The fourth-order valence-corrected chi connectivity index (χ4v) is 3.84. The average molecular weight is 394 g/mol. The third-order valence-corrected chi connectivity index (χ3v) is 5.40. The van der Waals surface area contributed by atoms with E-state index >= 15 is 0 Å². The van der Waals surface area contributed by atoms with E-state index in [0.29, 0.717) is 12.1 Å². The van der Waals surface area contributed by atoms with Crippen molar-refractivity contribution in [1.29, 1.82) is 0 Å². The molecule has 1 amide bonds. The van der Waals surface area contributed by atoms with Crippen molar-refractivity contribution in [2.75, 3.05) is 14.2 Å². The first-order chi connectivity index (χ1) is 13.9. The smallest absolute Gasteiger partial charge is 0.255 e. The third kappa shape index (κ3) is 3.52.